The highest BCUT2D eigenvalue weighted by Gasteiger charge is 2.47. The van der Waals surface area contributed by atoms with Gasteiger partial charge in [-0.3, -0.25) is 0 Å². The minimum absolute atomic E-state index is 0.00353. The molecule has 2 saturated heterocycles. The summed E-state index contributed by atoms with van der Waals surface area (Å²) in [6.45, 7) is 1.04. The lowest BCUT2D eigenvalue weighted by atomic mass is 10.1. The van der Waals surface area contributed by atoms with Crippen molar-refractivity contribution in [2.24, 2.45) is 0 Å². The highest BCUT2D eigenvalue weighted by Crippen LogP contribution is 2.28. The van der Waals surface area contributed by atoms with E-state index in [1.54, 1.807) is 0 Å². The fourth-order valence-electron chi connectivity index (χ4n) is 1.79. The predicted octanol–water partition coefficient (Wildman–Crippen LogP) is -1.48. The molecule has 2 N–H and O–H groups in total. The number of ether oxygens (including phenoxy) is 3. The molecule has 0 saturated carbocycles. The third-order valence-electron chi connectivity index (χ3n) is 2.41. The summed E-state index contributed by atoms with van der Waals surface area (Å²) >= 11 is 0. The molecule has 0 aliphatic carbocycles. The van der Waals surface area contributed by atoms with Crippen molar-refractivity contribution in [2.45, 2.75) is 24.4 Å². The topological polar surface area (TPSA) is 68.2 Å². The summed E-state index contributed by atoms with van der Waals surface area (Å²) < 4.78 is 15.9. The summed E-state index contributed by atoms with van der Waals surface area (Å²) in [4.78, 5) is 0. The first-order chi connectivity index (χ1) is 6.33. The molecule has 0 spiro atoms. The highest BCUT2D eigenvalue weighted by atomic mass is 16.6. The average molecular weight is 190 g/mol. The number of fused-ring (bicyclic) bond motifs is 1. The molecule has 0 bridgehead atoms. The molecule has 2 aliphatic rings. The van der Waals surface area contributed by atoms with E-state index in [2.05, 4.69) is 0 Å². The fourth-order valence-corrected chi connectivity index (χ4v) is 1.79. The molecular formula is C8H14O5. The first-order valence-corrected chi connectivity index (χ1v) is 4.46. The Labute approximate surface area is 76.2 Å². The molecular weight excluding hydrogens is 176 g/mol. The Balaban J connectivity index is 1.87. The molecule has 2 rings (SSSR count). The average Bonchev–Trinajstić information content (AvgIpc) is 2.67. The van der Waals surface area contributed by atoms with Crippen LogP contribution in [0.25, 0.3) is 0 Å². The molecule has 2 fully saturated rings. The maximum Gasteiger partial charge on any atom is 0.115 e. The van der Waals surface area contributed by atoms with E-state index in [0.29, 0.717) is 13.2 Å². The Hall–Kier alpha value is -0.200. The normalized spacial score (nSPS) is 43.8. The van der Waals surface area contributed by atoms with E-state index in [-0.39, 0.29) is 31.5 Å². The first kappa shape index (κ1) is 9.36. The van der Waals surface area contributed by atoms with Gasteiger partial charge >= 0.3 is 0 Å². The lowest BCUT2D eigenvalue weighted by Crippen LogP contribution is -2.33. The summed E-state index contributed by atoms with van der Waals surface area (Å²) in [5.74, 6) is 0. The molecule has 2 aliphatic heterocycles. The first-order valence-electron chi connectivity index (χ1n) is 4.46. The minimum Gasteiger partial charge on any atom is -0.394 e. The van der Waals surface area contributed by atoms with Gasteiger partial charge in [0.1, 0.15) is 24.4 Å². The number of aliphatic hydroxyl groups is 2. The highest BCUT2D eigenvalue weighted by molar-refractivity contribution is 4.94. The van der Waals surface area contributed by atoms with Gasteiger partial charge in [-0.05, 0) is 0 Å². The Kier molecular flexibility index (Phi) is 2.80. The van der Waals surface area contributed by atoms with Gasteiger partial charge < -0.3 is 24.4 Å². The van der Waals surface area contributed by atoms with Crippen LogP contribution in [-0.4, -0.2) is 61.1 Å². The second-order valence-corrected chi connectivity index (χ2v) is 3.30. The molecule has 5 nitrogen and oxygen atoms in total. The van der Waals surface area contributed by atoms with Crippen LogP contribution in [0.2, 0.25) is 0 Å². The molecule has 0 aromatic heterocycles. The van der Waals surface area contributed by atoms with Crippen LogP contribution in [0.5, 0.6) is 0 Å². The summed E-state index contributed by atoms with van der Waals surface area (Å²) in [5, 5.41) is 18.0. The van der Waals surface area contributed by atoms with E-state index in [0.717, 1.165) is 0 Å². The molecule has 5 heteroatoms. The van der Waals surface area contributed by atoms with E-state index >= 15 is 0 Å². The van der Waals surface area contributed by atoms with Gasteiger partial charge in [0, 0.05) is 0 Å². The summed E-state index contributed by atoms with van der Waals surface area (Å²) in [7, 11) is 0. The van der Waals surface area contributed by atoms with E-state index in [1.807, 2.05) is 0 Å². The van der Waals surface area contributed by atoms with Crippen LogP contribution in [0.4, 0.5) is 0 Å². The zero-order valence-electron chi connectivity index (χ0n) is 7.26. The Morgan fingerprint density at radius 1 is 1.23 bits per heavy atom. The number of hydrogen-bond donors (Lipinski definition) is 2. The third-order valence-corrected chi connectivity index (χ3v) is 2.41. The van der Waals surface area contributed by atoms with Crippen LogP contribution in [0.3, 0.4) is 0 Å². The lowest BCUT2D eigenvalue weighted by molar-refractivity contribution is -0.0454. The monoisotopic (exact) mass is 190 g/mol. The van der Waals surface area contributed by atoms with Crippen molar-refractivity contribution >= 4 is 0 Å². The smallest absolute Gasteiger partial charge is 0.115 e. The second-order valence-electron chi connectivity index (χ2n) is 3.30. The largest absolute Gasteiger partial charge is 0.394 e. The van der Waals surface area contributed by atoms with Gasteiger partial charge in [-0.1, -0.05) is 0 Å². The summed E-state index contributed by atoms with van der Waals surface area (Å²) in [6.07, 6.45) is -1.09. The van der Waals surface area contributed by atoms with Crippen molar-refractivity contribution in [1.29, 1.82) is 0 Å². The van der Waals surface area contributed by atoms with Crippen LogP contribution in [0, 0.1) is 0 Å². The van der Waals surface area contributed by atoms with Gasteiger partial charge in [-0.25, -0.2) is 0 Å². The quantitative estimate of drug-likeness (QED) is 0.568. The predicted molar refractivity (Wildman–Crippen MR) is 42.3 cm³/mol. The van der Waals surface area contributed by atoms with Crippen molar-refractivity contribution in [3.8, 4) is 0 Å². The van der Waals surface area contributed by atoms with Gasteiger partial charge in [0.25, 0.3) is 0 Å². The fraction of sp³-hybridized carbons (Fsp3) is 1.00. The van der Waals surface area contributed by atoms with Crippen molar-refractivity contribution in [2.75, 3.05) is 26.4 Å². The van der Waals surface area contributed by atoms with Crippen molar-refractivity contribution in [1.82, 2.24) is 0 Å². The molecule has 13 heavy (non-hydrogen) atoms. The molecule has 76 valence electrons. The van der Waals surface area contributed by atoms with E-state index in [9.17, 15) is 5.11 Å². The van der Waals surface area contributed by atoms with Crippen LogP contribution in [0.1, 0.15) is 0 Å². The zero-order chi connectivity index (χ0) is 9.26. The van der Waals surface area contributed by atoms with Gasteiger partial charge in [0.2, 0.25) is 0 Å². The maximum atomic E-state index is 9.39. The number of rotatable bonds is 3. The zero-order valence-corrected chi connectivity index (χ0v) is 7.26. The van der Waals surface area contributed by atoms with Gasteiger partial charge in [-0.15, -0.1) is 0 Å². The molecule has 4 atom stereocenters. The van der Waals surface area contributed by atoms with Gasteiger partial charge in [0.15, 0.2) is 0 Å². The summed E-state index contributed by atoms with van der Waals surface area (Å²) in [5.41, 5.74) is 0. The van der Waals surface area contributed by atoms with Gasteiger partial charge in [0.05, 0.1) is 26.4 Å². The second kappa shape index (κ2) is 3.89. The van der Waals surface area contributed by atoms with Crippen LogP contribution in [0.15, 0.2) is 0 Å². The molecule has 4 unspecified atom stereocenters. The van der Waals surface area contributed by atoms with Crippen molar-refractivity contribution in [3.05, 3.63) is 0 Å². The van der Waals surface area contributed by atoms with Crippen LogP contribution < -0.4 is 0 Å². The van der Waals surface area contributed by atoms with Gasteiger partial charge in [-0.2, -0.15) is 0 Å². The Morgan fingerprint density at radius 3 is 2.77 bits per heavy atom. The van der Waals surface area contributed by atoms with Crippen LogP contribution >= 0.6 is 0 Å². The van der Waals surface area contributed by atoms with E-state index in [1.165, 1.54) is 0 Å². The van der Waals surface area contributed by atoms with Crippen LogP contribution in [-0.2, 0) is 14.2 Å². The molecule has 0 aromatic carbocycles. The Morgan fingerprint density at radius 2 is 2.00 bits per heavy atom. The maximum absolute atomic E-state index is 9.39. The lowest BCUT2D eigenvalue weighted by Gasteiger charge is -2.15. The van der Waals surface area contributed by atoms with Crippen molar-refractivity contribution in [3.63, 3.8) is 0 Å². The Bertz CT molecular complexity index is 174. The third kappa shape index (κ3) is 1.70. The minimum atomic E-state index is -0.535. The number of hydrogen-bond acceptors (Lipinski definition) is 5. The summed E-state index contributed by atoms with van der Waals surface area (Å²) in [6, 6.07) is 0. The number of aliphatic hydroxyl groups excluding tert-OH is 2. The standard InChI is InChI=1S/C8H14O5/c9-1-2-11-6-4-13-7-5(10)3-12-8(6)7/h5-10H,1-4H2. The SMILES string of the molecule is OCCOC1COC2C(O)COC12. The molecule has 0 radical (unpaired) electrons. The molecule has 0 amide bonds. The van der Waals surface area contributed by atoms with E-state index in [4.69, 9.17) is 19.3 Å². The molecule has 2 heterocycles. The van der Waals surface area contributed by atoms with Crippen molar-refractivity contribution < 1.29 is 24.4 Å². The molecule has 0 aromatic rings. The van der Waals surface area contributed by atoms with E-state index < -0.39 is 6.10 Å².